The Morgan fingerprint density at radius 3 is 2.77 bits per heavy atom. The summed E-state index contributed by atoms with van der Waals surface area (Å²) in [7, 11) is 0. The summed E-state index contributed by atoms with van der Waals surface area (Å²) < 4.78 is 0. The van der Waals surface area contributed by atoms with Gasteiger partial charge in [0.25, 0.3) is 0 Å². The molecule has 0 fully saturated rings. The van der Waals surface area contributed by atoms with Gasteiger partial charge in [0.15, 0.2) is 5.11 Å². The van der Waals surface area contributed by atoms with Crippen LogP contribution in [0.25, 0.3) is 0 Å². The Kier molecular flexibility index (Phi) is 3.71. The van der Waals surface area contributed by atoms with E-state index >= 15 is 0 Å². The molecule has 0 saturated heterocycles. The minimum Gasteiger partial charge on any atom is -0.376 e. The minimum atomic E-state index is 0.323. The molecular formula is C10H14N2S. The number of anilines is 1. The number of hydrogen-bond donors (Lipinski definition) is 2. The zero-order chi connectivity index (χ0) is 9.68. The number of para-hydroxylation sites is 1. The van der Waals surface area contributed by atoms with Crippen molar-refractivity contribution in [1.29, 1.82) is 0 Å². The van der Waals surface area contributed by atoms with Crippen LogP contribution >= 0.6 is 12.2 Å². The third-order valence-corrected chi connectivity index (χ3v) is 1.90. The molecule has 2 nitrogen and oxygen atoms in total. The van der Waals surface area contributed by atoms with E-state index in [2.05, 4.69) is 18.3 Å². The maximum atomic E-state index is 5.41. The number of aryl methyl sites for hydroxylation is 1. The van der Waals surface area contributed by atoms with Crippen molar-refractivity contribution in [2.24, 2.45) is 5.73 Å². The molecule has 0 atom stereocenters. The monoisotopic (exact) mass is 194 g/mol. The molecule has 3 N–H and O–H groups in total. The highest BCUT2D eigenvalue weighted by Crippen LogP contribution is 2.16. The molecule has 0 aliphatic rings. The molecule has 0 aromatic heterocycles. The van der Waals surface area contributed by atoms with Crippen LogP contribution in [0.15, 0.2) is 24.3 Å². The summed E-state index contributed by atoms with van der Waals surface area (Å²) in [5, 5.41) is 3.29. The van der Waals surface area contributed by atoms with E-state index in [1.807, 2.05) is 18.2 Å². The molecular weight excluding hydrogens is 180 g/mol. The zero-order valence-corrected chi connectivity index (χ0v) is 8.53. The van der Waals surface area contributed by atoms with E-state index in [4.69, 9.17) is 18.0 Å². The quantitative estimate of drug-likeness (QED) is 0.725. The maximum Gasteiger partial charge on any atom is 0.168 e. The van der Waals surface area contributed by atoms with Crippen molar-refractivity contribution in [1.82, 2.24) is 0 Å². The van der Waals surface area contributed by atoms with E-state index in [1.165, 1.54) is 5.56 Å². The Labute approximate surface area is 84.1 Å². The molecule has 0 aliphatic heterocycles. The molecule has 0 heterocycles. The maximum absolute atomic E-state index is 5.41. The van der Waals surface area contributed by atoms with E-state index < -0.39 is 0 Å². The largest absolute Gasteiger partial charge is 0.376 e. The van der Waals surface area contributed by atoms with E-state index in [9.17, 15) is 0 Å². The number of hydrogen-bond acceptors (Lipinski definition) is 1. The fourth-order valence-electron chi connectivity index (χ4n) is 1.26. The second kappa shape index (κ2) is 4.82. The van der Waals surface area contributed by atoms with Crippen LogP contribution in [-0.2, 0) is 6.42 Å². The van der Waals surface area contributed by atoms with Crippen LogP contribution in [0.3, 0.4) is 0 Å². The summed E-state index contributed by atoms with van der Waals surface area (Å²) in [6.07, 6.45) is 2.17. The SMILES string of the molecule is CCCc1ccccc1NC(N)=S. The number of nitrogens with one attached hydrogen (secondary N) is 1. The van der Waals surface area contributed by atoms with Gasteiger partial charge in [0, 0.05) is 5.69 Å². The molecule has 70 valence electrons. The zero-order valence-electron chi connectivity index (χ0n) is 7.71. The standard InChI is InChI=1S/C10H14N2S/c1-2-5-8-6-3-4-7-9(8)12-10(11)13/h3-4,6-7H,2,5H2,1H3,(H3,11,12,13). The van der Waals surface area contributed by atoms with Gasteiger partial charge in [-0.25, -0.2) is 0 Å². The Morgan fingerprint density at radius 2 is 2.15 bits per heavy atom. The third kappa shape index (κ3) is 3.03. The van der Waals surface area contributed by atoms with Crippen LogP contribution in [0, 0.1) is 0 Å². The number of benzene rings is 1. The highest BCUT2D eigenvalue weighted by molar-refractivity contribution is 7.80. The summed E-state index contributed by atoms with van der Waals surface area (Å²) >= 11 is 4.79. The molecule has 1 rings (SSSR count). The van der Waals surface area contributed by atoms with Crippen molar-refractivity contribution in [3.8, 4) is 0 Å². The van der Waals surface area contributed by atoms with E-state index in [0.29, 0.717) is 5.11 Å². The van der Waals surface area contributed by atoms with Gasteiger partial charge in [0.05, 0.1) is 0 Å². The van der Waals surface area contributed by atoms with Crippen LogP contribution < -0.4 is 11.1 Å². The highest BCUT2D eigenvalue weighted by Gasteiger charge is 1.99. The van der Waals surface area contributed by atoms with Crippen molar-refractivity contribution in [2.45, 2.75) is 19.8 Å². The van der Waals surface area contributed by atoms with Gasteiger partial charge >= 0.3 is 0 Å². The van der Waals surface area contributed by atoms with Crippen LogP contribution in [0.1, 0.15) is 18.9 Å². The van der Waals surface area contributed by atoms with Gasteiger partial charge in [0.1, 0.15) is 0 Å². The lowest BCUT2D eigenvalue weighted by atomic mass is 10.1. The molecule has 1 aromatic carbocycles. The first-order chi connectivity index (χ1) is 6.24. The van der Waals surface area contributed by atoms with Crippen LogP contribution in [0.4, 0.5) is 5.69 Å². The second-order valence-electron chi connectivity index (χ2n) is 2.90. The molecule has 0 unspecified atom stereocenters. The number of thiocarbonyl (C=S) groups is 1. The van der Waals surface area contributed by atoms with Gasteiger partial charge in [-0.15, -0.1) is 0 Å². The lowest BCUT2D eigenvalue weighted by molar-refractivity contribution is 0.924. The average Bonchev–Trinajstić information content (AvgIpc) is 2.08. The molecule has 0 bridgehead atoms. The van der Waals surface area contributed by atoms with Gasteiger partial charge in [-0.05, 0) is 30.3 Å². The Balaban J connectivity index is 2.84. The first-order valence-corrected chi connectivity index (χ1v) is 4.79. The molecule has 0 amide bonds. The van der Waals surface area contributed by atoms with E-state index in [1.54, 1.807) is 0 Å². The van der Waals surface area contributed by atoms with Crippen molar-refractivity contribution in [3.05, 3.63) is 29.8 Å². The topological polar surface area (TPSA) is 38.0 Å². The van der Waals surface area contributed by atoms with E-state index in [0.717, 1.165) is 18.5 Å². The van der Waals surface area contributed by atoms with Gasteiger partial charge < -0.3 is 11.1 Å². The van der Waals surface area contributed by atoms with Gasteiger partial charge in [-0.1, -0.05) is 31.5 Å². The van der Waals surface area contributed by atoms with Crippen molar-refractivity contribution in [3.63, 3.8) is 0 Å². The molecule has 0 aliphatic carbocycles. The fourth-order valence-corrected chi connectivity index (χ4v) is 1.37. The highest BCUT2D eigenvalue weighted by atomic mass is 32.1. The molecule has 13 heavy (non-hydrogen) atoms. The lowest BCUT2D eigenvalue weighted by Crippen LogP contribution is -2.19. The summed E-state index contributed by atoms with van der Waals surface area (Å²) in [5.74, 6) is 0. The number of rotatable bonds is 3. The summed E-state index contributed by atoms with van der Waals surface area (Å²) in [6, 6.07) is 8.07. The molecule has 0 saturated carbocycles. The Bertz CT molecular complexity index is 297. The summed E-state index contributed by atoms with van der Waals surface area (Å²) in [6.45, 7) is 2.15. The van der Waals surface area contributed by atoms with Gasteiger partial charge in [-0.3, -0.25) is 0 Å². The second-order valence-corrected chi connectivity index (χ2v) is 3.34. The van der Waals surface area contributed by atoms with Crippen molar-refractivity contribution >= 4 is 23.0 Å². The molecule has 0 radical (unpaired) electrons. The predicted molar refractivity (Wildman–Crippen MR) is 60.8 cm³/mol. The van der Waals surface area contributed by atoms with Crippen LogP contribution in [-0.4, -0.2) is 5.11 Å². The predicted octanol–water partition coefficient (Wildman–Crippen LogP) is 2.29. The molecule has 0 spiro atoms. The Hall–Kier alpha value is -1.09. The number of nitrogens with two attached hydrogens (primary N) is 1. The van der Waals surface area contributed by atoms with Crippen molar-refractivity contribution < 1.29 is 0 Å². The summed E-state index contributed by atoms with van der Waals surface area (Å²) in [5.41, 5.74) is 7.70. The van der Waals surface area contributed by atoms with Crippen LogP contribution in [0.5, 0.6) is 0 Å². The average molecular weight is 194 g/mol. The molecule has 1 aromatic rings. The van der Waals surface area contributed by atoms with Gasteiger partial charge in [0.2, 0.25) is 0 Å². The first kappa shape index (κ1) is 9.99. The smallest absolute Gasteiger partial charge is 0.168 e. The normalized spacial score (nSPS) is 9.62. The fraction of sp³-hybridized carbons (Fsp3) is 0.300. The van der Waals surface area contributed by atoms with E-state index in [-0.39, 0.29) is 0 Å². The summed E-state index contributed by atoms with van der Waals surface area (Å²) in [4.78, 5) is 0. The lowest BCUT2D eigenvalue weighted by Gasteiger charge is -2.09. The minimum absolute atomic E-state index is 0.323. The Morgan fingerprint density at radius 1 is 1.46 bits per heavy atom. The first-order valence-electron chi connectivity index (χ1n) is 4.38. The van der Waals surface area contributed by atoms with Crippen LogP contribution in [0.2, 0.25) is 0 Å². The van der Waals surface area contributed by atoms with Crippen molar-refractivity contribution in [2.75, 3.05) is 5.32 Å². The molecule has 3 heteroatoms. The van der Waals surface area contributed by atoms with Gasteiger partial charge in [-0.2, -0.15) is 0 Å². The third-order valence-electron chi connectivity index (χ3n) is 1.79.